The zero-order valence-corrected chi connectivity index (χ0v) is 20.3. The van der Waals surface area contributed by atoms with E-state index >= 15 is 0 Å². The molecule has 3 N–H and O–H groups in total. The van der Waals surface area contributed by atoms with Gasteiger partial charge in [-0.05, 0) is 75.2 Å². The van der Waals surface area contributed by atoms with Gasteiger partial charge < -0.3 is 15.2 Å². The lowest BCUT2D eigenvalue weighted by molar-refractivity contribution is -0.0440. The molecule has 0 aliphatic carbocycles. The number of ether oxygens (including phenoxy) is 1. The second kappa shape index (κ2) is 9.21. The summed E-state index contributed by atoms with van der Waals surface area (Å²) < 4.78 is 33.0. The molecule has 0 bridgehead atoms. The largest absolute Gasteiger partial charge is 0.507 e. The molecule has 4 rings (SSSR count). The first-order chi connectivity index (χ1) is 16.0. The van der Waals surface area contributed by atoms with Gasteiger partial charge in [0.15, 0.2) is 0 Å². The van der Waals surface area contributed by atoms with Crippen LogP contribution < -0.4 is 5.32 Å². The summed E-state index contributed by atoms with van der Waals surface area (Å²) in [6.07, 6.45) is -0.357. The van der Waals surface area contributed by atoms with Crippen LogP contribution in [0.1, 0.15) is 35.5 Å². The number of sulfonamides is 1. The van der Waals surface area contributed by atoms with Crippen molar-refractivity contribution in [3.05, 3.63) is 59.3 Å². The van der Waals surface area contributed by atoms with Gasteiger partial charge in [-0.25, -0.2) is 8.42 Å². The smallest absolute Gasteiger partial charge is 0.273 e. The molecule has 3 aromatic rings. The number of amides is 1. The summed E-state index contributed by atoms with van der Waals surface area (Å²) in [4.78, 5) is 12.8. The van der Waals surface area contributed by atoms with Crippen LogP contribution in [0.2, 0.25) is 0 Å². The van der Waals surface area contributed by atoms with Gasteiger partial charge in [0.2, 0.25) is 10.0 Å². The average molecular weight is 485 g/mol. The number of phenolic OH excluding ortho intramolecular Hbond substituents is 1. The van der Waals surface area contributed by atoms with E-state index in [1.807, 2.05) is 26.8 Å². The van der Waals surface area contributed by atoms with E-state index in [1.165, 1.54) is 16.4 Å². The highest BCUT2D eigenvalue weighted by atomic mass is 32.2. The first-order valence-corrected chi connectivity index (χ1v) is 12.4. The SMILES string of the molecule is Cc1cc(C)c(O)c(-c2cc(C(=O)Nc3ccc(S(=O)(=O)N4C[C@H](C)O[C@@H](C)C4)cc3)[nH]n2)c1. The van der Waals surface area contributed by atoms with Crippen LogP contribution in [0.25, 0.3) is 11.3 Å². The maximum Gasteiger partial charge on any atom is 0.273 e. The van der Waals surface area contributed by atoms with Crippen molar-refractivity contribution in [2.45, 2.75) is 44.8 Å². The number of hydrogen-bond acceptors (Lipinski definition) is 6. The number of nitrogens with zero attached hydrogens (tertiary/aromatic N) is 2. The van der Waals surface area contributed by atoms with Gasteiger partial charge in [0, 0.05) is 24.3 Å². The molecular formula is C24H28N4O5S. The number of aromatic amines is 1. The van der Waals surface area contributed by atoms with Crippen molar-refractivity contribution in [1.29, 1.82) is 0 Å². The molecule has 0 unspecified atom stereocenters. The molecule has 180 valence electrons. The van der Waals surface area contributed by atoms with Crippen LogP contribution >= 0.6 is 0 Å². The zero-order chi connectivity index (χ0) is 24.6. The fourth-order valence-corrected chi connectivity index (χ4v) is 5.71. The summed E-state index contributed by atoms with van der Waals surface area (Å²) in [5, 5.41) is 19.9. The lowest BCUT2D eigenvalue weighted by Gasteiger charge is -2.34. The third-order valence-corrected chi connectivity index (χ3v) is 7.53. The highest BCUT2D eigenvalue weighted by Gasteiger charge is 2.32. The minimum absolute atomic E-state index is 0.116. The number of phenols is 1. The molecule has 1 aliphatic heterocycles. The van der Waals surface area contributed by atoms with E-state index in [0.29, 0.717) is 30.0 Å². The van der Waals surface area contributed by atoms with Crippen LogP contribution in [0.15, 0.2) is 47.4 Å². The lowest BCUT2D eigenvalue weighted by Crippen LogP contribution is -2.48. The van der Waals surface area contributed by atoms with Gasteiger partial charge in [0.1, 0.15) is 11.4 Å². The number of nitrogens with one attached hydrogen (secondary N) is 2. The number of hydrogen-bond donors (Lipinski definition) is 3. The monoisotopic (exact) mass is 484 g/mol. The maximum absolute atomic E-state index is 13.0. The fourth-order valence-electron chi connectivity index (χ4n) is 4.12. The van der Waals surface area contributed by atoms with Crippen molar-refractivity contribution >= 4 is 21.6 Å². The van der Waals surface area contributed by atoms with E-state index in [1.54, 1.807) is 31.2 Å². The Balaban J connectivity index is 1.48. The van der Waals surface area contributed by atoms with Crippen molar-refractivity contribution in [2.75, 3.05) is 18.4 Å². The van der Waals surface area contributed by atoms with Crippen LogP contribution in [0.5, 0.6) is 5.75 Å². The zero-order valence-electron chi connectivity index (χ0n) is 19.5. The number of carbonyl (C=O) groups is 1. The van der Waals surface area contributed by atoms with Gasteiger partial charge in [-0.15, -0.1) is 0 Å². The van der Waals surface area contributed by atoms with Gasteiger partial charge >= 0.3 is 0 Å². The Morgan fingerprint density at radius 2 is 1.76 bits per heavy atom. The van der Waals surface area contributed by atoms with Crippen LogP contribution in [0.3, 0.4) is 0 Å². The van der Waals surface area contributed by atoms with Gasteiger partial charge in [-0.1, -0.05) is 6.07 Å². The summed E-state index contributed by atoms with van der Waals surface area (Å²) in [6, 6.07) is 11.3. The minimum Gasteiger partial charge on any atom is -0.507 e. The first kappa shape index (κ1) is 23.9. The van der Waals surface area contributed by atoms with Crippen molar-refractivity contribution in [2.24, 2.45) is 0 Å². The van der Waals surface area contributed by atoms with Crippen molar-refractivity contribution in [3.8, 4) is 17.0 Å². The number of aromatic hydroxyl groups is 1. The Morgan fingerprint density at radius 1 is 1.12 bits per heavy atom. The van der Waals surface area contributed by atoms with E-state index in [0.717, 1.165) is 11.1 Å². The number of carbonyl (C=O) groups excluding carboxylic acids is 1. The number of anilines is 1. The predicted octanol–water partition coefficient (Wildman–Crippen LogP) is 3.45. The molecule has 1 amide bonds. The molecule has 2 heterocycles. The summed E-state index contributed by atoms with van der Waals surface area (Å²) >= 11 is 0. The topological polar surface area (TPSA) is 125 Å². The van der Waals surface area contributed by atoms with Crippen molar-refractivity contribution < 1.29 is 23.1 Å². The van der Waals surface area contributed by atoms with Crippen LogP contribution in [0.4, 0.5) is 5.69 Å². The highest BCUT2D eigenvalue weighted by molar-refractivity contribution is 7.89. The summed E-state index contributed by atoms with van der Waals surface area (Å²) in [7, 11) is -3.66. The lowest BCUT2D eigenvalue weighted by atomic mass is 10.0. The molecule has 0 radical (unpaired) electrons. The predicted molar refractivity (Wildman–Crippen MR) is 128 cm³/mol. The van der Waals surface area contributed by atoms with Gasteiger partial charge in [-0.2, -0.15) is 9.40 Å². The molecule has 34 heavy (non-hydrogen) atoms. The molecule has 0 spiro atoms. The summed E-state index contributed by atoms with van der Waals surface area (Å²) in [5.74, 6) is -0.320. The van der Waals surface area contributed by atoms with Crippen LogP contribution in [-0.2, 0) is 14.8 Å². The summed E-state index contributed by atoms with van der Waals surface area (Å²) in [6.45, 7) is 8.00. The third-order valence-electron chi connectivity index (χ3n) is 5.68. The Hall–Kier alpha value is -3.21. The van der Waals surface area contributed by atoms with Gasteiger partial charge in [0.25, 0.3) is 5.91 Å². The van der Waals surface area contributed by atoms with E-state index in [9.17, 15) is 18.3 Å². The second-order valence-electron chi connectivity index (χ2n) is 8.70. The van der Waals surface area contributed by atoms with E-state index in [4.69, 9.17) is 4.74 Å². The van der Waals surface area contributed by atoms with E-state index < -0.39 is 15.9 Å². The number of aryl methyl sites for hydroxylation is 2. The molecule has 2 aromatic carbocycles. The number of morpholine rings is 1. The van der Waals surface area contributed by atoms with Crippen molar-refractivity contribution in [1.82, 2.24) is 14.5 Å². The number of benzene rings is 2. The van der Waals surface area contributed by atoms with Crippen LogP contribution in [0, 0.1) is 13.8 Å². The quantitative estimate of drug-likeness (QED) is 0.510. The molecule has 1 aromatic heterocycles. The molecular weight excluding hydrogens is 456 g/mol. The molecule has 10 heteroatoms. The normalized spacial score (nSPS) is 19.2. The maximum atomic E-state index is 13.0. The molecule has 9 nitrogen and oxygen atoms in total. The van der Waals surface area contributed by atoms with Crippen molar-refractivity contribution in [3.63, 3.8) is 0 Å². The van der Waals surface area contributed by atoms with Gasteiger partial charge in [-0.3, -0.25) is 9.89 Å². The molecule has 0 saturated carbocycles. The molecule has 2 atom stereocenters. The molecule has 1 saturated heterocycles. The number of aromatic nitrogens is 2. The molecule has 1 aliphatic rings. The molecule has 1 fully saturated rings. The number of rotatable bonds is 5. The minimum atomic E-state index is -3.66. The number of H-pyrrole nitrogens is 1. The average Bonchev–Trinajstić information content (AvgIpc) is 3.26. The fraction of sp³-hybridized carbons (Fsp3) is 0.333. The Morgan fingerprint density at radius 3 is 2.41 bits per heavy atom. The Kier molecular flexibility index (Phi) is 6.48. The van der Waals surface area contributed by atoms with E-state index in [-0.39, 0.29) is 28.5 Å². The van der Waals surface area contributed by atoms with Crippen LogP contribution in [-0.4, -0.2) is 59.2 Å². The standard InChI is InChI=1S/C24H28N4O5S/c1-14-9-15(2)23(29)20(10-14)21-11-22(27-26-21)24(30)25-18-5-7-19(8-6-18)34(31,32)28-12-16(3)33-17(4)13-28/h5-11,16-17,29H,12-13H2,1-4H3,(H,25,30)(H,26,27)/t16-,17-/m0/s1. The van der Waals surface area contributed by atoms with Gasteiger partial charge in [0.05, 0.1) is 22.8 Å². The Labute approximate surface area is 198 Å². The first-order valence-electron chi connectivity index (χ1n) is 11.0. The van der Waals surface area contributed by atoms with E-state index in [2.05, 4.69) is 15.5 Å². The highest BCUT2D eigenvalue weighted by Crippen LogP contribution is 2.32. The third kappa shape index (κ3) is 4.84. The Bertz CT molecular complexity index is 1310. The summed E-state index contributed by atoms with van der Waals surface area (Å²) in [5.41, 5.74) is 3.33. The second-order valence-corrected chi connectivity index (χ2v) is 10.6.